The van der Waals surface area contributed by atoms with Gasteiger partial charge in [-0.2, -0.15) is 13.1 Å². The number of piperidine rings is 1. The van der Waals surface area contributed by atoms with Gasteiger partial charge in [0.25, 0.3) is 10.0 Å². The molecule has 1 unspecified atom stereocenters. The minimum absolute atomic E-state index is 0.0813. The summed E-state index contributed by atoms with van der Waals surface area (Å²) in [6, 6.07) is -0.678. The van der Waals surface area contributed by atoms with E-state index in [9.17, 15) is 17.2 Å². The van der Waals surface area contributed by atoms with Gasteiger partial charge in [-0.15, -0.1) is 0 Å². The first-order valence-corrected chi connectivity index (χ1v) is 5.90. The number of aliphatic hydroxyl groups excluding tert-OH is 1. The number of hydrogen-bond donors (Lipinski definition) is 1. The quantitative estimate of drug-likeness (QED) is 0.761. The summed E-state index contributed by atoms with van der Waals surface area (Å²) >= 11 is 0. The van der Waals surface area contributed by atoms with E-state index in [1.165, 1.54) is 0 Å². The number of rotatable bonds is 3. The number of alkyl halides is 2. The summed E-state index contributed by atoms with van der Waals surface area (Å²) in [5.74, 6) is -3.39. The van der Waals surface area contributed by atoms with Crippen LogP contribution in [0.5, 0.6) is 0 Å². The standard InChI is InChI=1S/C7H13F2NO3S/c8-7(9)14(12,13)10-4-2-1-3-6(10)5-11/h6-7,11H,1-5H2. The fourth-order valence-corrected chi connectivity index (χ4v) is 2.77. The third kappa shape index (κ3) is 2.21. The minimum atomic E-state index is -4.52. The molecule has 0 radical (unpaired) electrons. The zero-order valence-electron chi connectivity index (χ0n) is 7.57. The van der Waals surface area contributed by atoms with Crippen LogP contribution in [0.15, 0.2) is 0 Å². The molecule has 1 rings (SSSR count). The van der Waals surface area contributed by atoms with Gasteiger partial charge in [-0.3, -0.25) is 0 Å². The zero-order valence-corrected chi connectivity index (χ0v) is 8.38. The average Bonchev–Trinajstić information content (AvgIpc) is 2.17. The number of nitrogens with zero attached hydrogens (tertiary/aromatic N) is 1. The summed E-state index contributed by atoms with van der Waals surface area (Å²) in [5, 5.41) is 8.86. The van der Waals surface area contributed by atoms with Crippen LogP contribution in [0.4, 0.5) is 8.78 Å². The van der Waals surface area contributed by atoms with Crippen molar-refractivity contribution >= 4 is 10.0 Å². The van der Waals surface area contributed by atoms with Gasteiger partial charge in [0.1, 0.15) is 0 Å². The average molecular weight is 229 g/mol. The highest BCUT2D eigenvalue weighted by molar-refractivity contribution is 7.89. The second kappa shape index (κ2) is 4.50. The Morgan fingerprint density at radius 3 is 2.57 bits per heavy atom. The zero-order chi connectivity index (χ0) is 10.8. The van der Waals surface area contributed by atoms with E-state index in [2.05, 4.69) is 0 Å². The molecule has 0 amide bonds. The highest BCUT2D eigenvalue weighted by Gasteiger charge is 2.37. The van der Waals surface area contributed by atoms with Crippen molar-refractivity contribution in [1.82, 2.24) is 4.31 Å². The third-order valence-corrected chi connectivity index (χ3v) is 3.92. The van der Waals surface area contributed by atoms with E-state index in [4.69, 9.17) is 5.11 Å². The van der Waals surface area contributed by atoms with E-state index in [0.717, 1.165) is 10.7 Å². The van der Waals surface area contributed by atoms with E-state index < -0.39 is 28.4 Å². The third-order valence-electron chi connectivity index (χ3n) is 2.34. The predicted molar refractivity (Wildman–Crippen MR) is 46.4 cm³/mol. The monoisotopic (exact) mass is 229 g/mol. The van der Waals surface area contributed by atoms with E-state index in [1.807, 2.05) is 0 Å². The molecular weight excluding hydrogens is 216 g/mol. The normalized spacial score (nSPS) is 25.6. The molecule has 14 heavy (non-hydrogen) atoms. The molecule has 0 aromatic carbocycles. The van der Waals surface area contributed by atoms with Gasteiger partial charge in [-0.05, 0) is 12.8 Å². The molecule has 1 atom stereocenters. The number of aliphatic hydroxyl groups is 1. The second-order valence-electron chi connectivity index (χ2n) is 3.25. The van der Waals surface area contributed by atoms with Crippen molar-refractivity contribution in [3.63, 3.8) is 0 Å². The van der Waals surface area contributed by atoms with Crippen LogP contribution in [0, 0.1) is 0 Å². The topological polar surface area (TPSA) is 57.6 Å². The highest BCUT2D eigenvalue weighted by Crippen LogP contribution is 2.23. The number of hydrogen-bond acceptors (Lipinski definition) is 3. The molecule has 84 valence electrons. The summed E-state index contributed by atoms with van der Waals surface area (Å²) in [6.45, 7) is -0.316. The summed E-state index contributed by atoms with van der Waals surface area (Å²) in [4.78, 5) is 0. The Kier molecular flexibility index (Phi) is 3.79. The van der Waals surface area contributed by atoms with Crippen molar-refractivity contribution in [2.24, 2.45) is 0 Å². The maximum Gasteiger partial charge on any atom is 0.350 e. The first-order valence-electron chi connectivity index (χ1n) is 4.40. The Balaban J connectivity index is 2.83. The van der Waals surface area contributed by atoms with E-state index in [-0.39, 0.29) is 6.54 Å². The van der Waals surface area contributed by atoms with Gasteiger partial charge >= 0.3 is 5.76 Å². The molecular formula is C7H13F2NO3S. The van der Waals surface area contributed by atoms with Gasteiger partial charge in [0.2, 0.25) is 0 Å². The summed E-state index contributed by atoms with van der Waals surface area (Å²) in [7, 11) is -4.52. The number of sulfonamides is 1. The van der Waals surface area contributed by atoms with Gasteiger partial charge in [0.15, 0.2) is 0 Å². The molecule has 1 heterocycles. The molecule has 1 saturated heterocycles. The molecule has 7 heteroatoms. The first-order chi connectivity index (χ1) is 6.50. The molecule has 1 aliphatic rings. The van der Waals surface area contributed by atoms with Crippen molar-refractivity contribution in [2.75, 3.05) is 13.2 Å². The Hall–Kier alpha value is -0.270. The van der Waals surface area contributed by atoms with Crippen LogP contribution >= 0.6 is 0 Å². The van der Waals surface area contributed by atoms with Crippen molar-refractivity contribution in [1.29, 1.82) is 0 Å². The van der Waals surface area contributed by atoms with Crippen molar-refractivity contribution in [2.45, 2.75) is 31.1 Å². The van der Waals surface area contributed by atoms with Crippen LogP contribution < -0.4 is 0 Å². The second-order valence-corrected chi connectivity index (χ2v) is 5.10. The lowest BCUT2D eigenvalue weighted by molar-refractivity contribution is 0.141. The van der Waals surface area contributed by atoms with E-state index in [1.54, 1.807) is 0 Å². The predicted octanol–water partition coefficient (Wildman–Crippen LogP) is 0.386. The Morgan fingerprint density at radius 2 is 2.07 bits per heavy atom. The fraction of sp³-hybridized carbons (Fsp3) is 1.00. The van der Waals surface area contributed by atoms with Crippen LogP contribution in [-0.2, 0) is 10.0 Å². The van der Waals surface area contributed by atoms with Gasteiger partial charge in [0.05, 0.1) is 6.61 Å². The van der Waals surface area contributed by atoms with Crippen LogP contribution in [0.2, 0.25) is 0 Å². The van der Waals surface area contributed by atoms with Crippen LogP contribution in [0.1, 0.15) is 19.3 Å². The Morgan fingerprint density at radius 1 is 1.43 bits per heavy atom. The molecule has 1 fully saturated rings. The van der Waals surface area contributed by atoms with E-state index in [0.29, 0.717) is 12.8 Å². The summed E-state index contributed by atoms with van der Waals surface area (Å²) < 4.78 is 47.4. The summed E-state index contributed by atoms with van der Waals surface area (Å²) in [6.07, 6.45) is 1.78. The van der Waals surface area contributed by atoms with Crippen LogP contribution in [-0.4, -0.2) is 42.8 Å². The lowest BCUT2D eigenvalue weighted by Crippen LogP contribution is -2.47. The molecule has 0 spiro atoms. The molecule has 0 bridgehead atoms. The van der Waals surface area contributed by atoms with E-state index >= 15 is 0 Å². The molecule has 1 N–H and O–H groups in total. The van der Waals surface area contributed by atoms with Gasteiger partial charge in [-0.1, -0.05) is 6.42 Å². The highest BCUT2D eigenvalue weighted by atomic mass is 32.2. The Bertz CT molecular complexity index is 281. The molecule has 0 aliphatic carbocycles. The molecule has 0 saturated carbocycles. The maximum absolute atomic E-state index is 12.2. The molecule has 1 aliphatic heterocycles. The van der Waals surface area contributed by atoms with Gasteiger partial charge < -0.3 is 5.11 Å². The van der Waals surface area contributed by atoms with Gasteiger partial charge in [-0.25, -0.2) is 8.42 Å². The van der Waals surface area contributed by atoms with Crippen molar-refractivity contribution < 1.29 is 22.3 Å². The molecule has 4 nitrogen and oxygen atoms in total. The van der Waals surface area contributed by atoms with Crippen molar-refractivity contribution in [3.05, 3.63) is 0 Å². The lowest BCUT2D eigenvalue weighted by atomic mass is 10.1. The van der Waals surface area contributed by atoms with Crippen LogP contribution in [0.25, 0.3) is 0 Å². The fourth-order valence-electron chi connectivity index (χ4n) is 1.59. The Labute approximate surface area is 81.6 Å². The van der Waals surface area contributed by atoms with Crippen molar-refractivity contribution in [3.8, 4) is 0 Å². The smallest absolute Gasteiger partial charge is 0.350 e. The van der Waals surface area contributed by atoms with Gasteiger partial charge in [0, 0.05) is 12.6 Å². The SMILES string of the molecule is O=S(=O)(C(F)F)N1CCCCC1CO. The van der Waals surface area contributed by atoms with Crippen LogP contribution in [0.3, 0.4) is 0 Å². The number of halogens is 2. The maximum atomic E-state index is 12.2. The lowest BCUT2D eigenvalue weighted by Gasteiger charge is -2.32. The first kappa shape index (κ1) is 11.8. The molecule has 0 aromatic heterocycles. The largest absolute Gasteiger partial charge is 0.395 e. The summed E-state index contributed by atoms with van der Waals surface area (Å²) in [5.41, 5.74) is 0. The minimum Gasteiger partial charge on any atom is -0.395 e. The molecule has 0 aromatic rings.